The van der Waals surface area contributed by atoms with Crippen molar-refractivity contribution in [2.24, 2.45) is 22.2 Å². The molecule has 1 heterocycles. The Labute approximate surface area is 324 Å². The average Bonchev–Trinajstić information content (AvgIpc) is 3.09. The molecular formula is C36H42I2N8O5. The number of carbonyl (C=O) groups is 5. The van der Waals surface area contributed by atoms with Gasteiger partial charge < -0.3 is 38.1 Å². The highest BCUT2D eigenvalue weighted by Crippen LogP contribution is 2.24. The van der Waals surface area contributed by atoms with Crippen molar-refractivity contribution in [1.82, 2.24) is 20.9 Å². The molecule has 4 rings (SSSR count). The minimum Gasteiger partial charge on any atom is -0.370 e. The largest absolute Gasteiger partial charge is 0.370 e. The molecule has 3 aromatic rings. The summed E-state index contributed by atoms with van der Waals surface area (Å²) in [5.74, 6) is -2.87. The van der Waals surface area contributed by atoms with E-state index >= 15 is 0 Å². The summed E-state index contributed by atoms with van der Waals surface area (Å²) in [7, 11) is 0. The Balaban J connectivity index is 1.58. The fourth-order valence-corrected chi connectivity index (χ4v) is 6.54. The first-order chi connectivity index (χ1) is 24.3. The number of hydrogen-bond acceptors (Lipinski definition) is 6. The van der Waals surface area contributed by atoms with Gasteiger partial charge >= 0.3 is 0 Å². The molecule has 0 spiro atoms. The van der Waals surface area contributed by atoms with Gasteiger partial charge in [0.15, 0.2) is 5.96 Å². The zero-order chi connectivity index (χ0) is 37.1. The molecular weight excluding hydrogens is 878 g/mol. The SMILES string of the molecule is CC(=O)N1Cc2ccccc2CC1C(=O)N[C@H](Cc1ccc(I)cc1)C(=O)N[C@@H](CCCN=C(N)N)C(=O)N[C@@H](Cc1ccc(I)cc1)C(N)=O. The van der Waals surface area contributed by atoms with Gasteiger partial charge in [-0.25, -0.2) is 0 Å². The number of hydrogen-bond donors (Lipinski definition) is 6. The Hall–Kier alpha value is -4.26. The summed E-state index contributed by atoms with van der Waals surface area (Å²) in [6.07, 6.45) is 0.972. The number of benzene rings is 3. The standard InChI is InChI=1S/C36H42I2N8O5/c1-21(47)46-20-25-6-3-2-5-24(25)19-31(46)35(51)45-30(18-23-10-14-27(38)15-11-23)34(50)43-28(7-4-16-42-36(40)41)33(49)44-29(32(39)48)17-22-8-12-26(37)13-9-22/h2-3,5-6,8-15,28-31H,4,7,16-20H2,1H3,(H2,39,48)(H,43,50)(H,44,49)(H,45,51)(H4,40,41,42)/t28-,29-,30+,31?/m0/s1. The Morgan fingerprint density at radius 2 is 1.29 bits per heavy atom. The highest BCUT2D eigenvalue weighted by Gasteiger charge is 2.36. The zero-order valence-electron chi connectivity index (χ0n) is 28.1. The summed E-state index contributed by atoms with van der Waals surface area (Å²) in [5.41, 5.74) is 20.1. The second kappa shape index (κ2) is 18.8. The third-order valence-electron chi connectivity index (χ3n) is 8.53. The number of rotatable bonds is 15. The minimum atomic E-state index is -1.13. The van der Waals surface area contributed by atoms with E-state index in [-0.39, 0.29) is 50.6 Å². The van der Waals surface area contributed by atoms with E-state index in [1.165, 1.54) is 11.8 Å². The molecule has 0 bridgehead atoms. The van der Waals surface area contributed by atoms with E-state index < -0.39 is 47.8 Å². The Bertz CT molecular complexity index is 1750. The molecule has 9 N–H and O–H groups in total. The molecule has 0 aliphatic carbocycles. The van der Waals surface area contributed by atoms with E-state index in [9.17, 15) is 24.0 Å². The number of nitrogens with zero attached hydrogens (tertiary/aromatic N) is 2. The number of fused-ring (bicyclic) bond motifs is 1. The third-order valence-corrected chi connectivity index (χ3v) is 9.97. The molecule has 13 nitrogen and oxygen atoms in total. The number of aliphatic imine (C=N–C) groups is 1. The molecule has 1 aliphatic heterocycles. The Kier molecular flexibility index (Phi) is 14.6. The number of nitrogens with one attached hydrogen (secondary N) is 3. The number of primary amides is 1. The van der Waals surface area contributed by atoms with Crippen molar-refractivity contribution in [3.05, 3.63) is 102 Å². The number of guanidine groups is 1. The Morgan fingerprint density at radius 1 is 0.765 bits per heavy atom. The molecule has 3 aromatic carbocycles. The predicted molar refractivity (Wildman–Crippen MR) is 211 cm³/mol. The van der Waals surface area contributed by atoms with Crippen molar-refractivity contribution in [1.29, 1.82) is 0 Å². The summed E-state index contributed by atoms with van der Waals surface area (Å²) in [4.78, 5) is 72.4. The molecule has 15 heteroatoms. The van der Waals surface area contributed by atoms with Crippen LogP contribution in [0.2, 0.25) is 0 Å². The van der Waals surface area contributed by atoms with Gasteiger partial charge in [0, 0.05) is 46.4 Å². The van der Waals surface area contributed by atoms with Crippen molar-refractivity contribution >= 4 is 80.7 Å². The summed E-state index contributed by atoms with van der Waals surface area (Å²) < 4.78 is 2.00. The highest BCUT2D eigenvalue weighted by molar-refractivity contribution is 14.1. The molecule has 4 atom stereocenters. The maximum atomic E-state index is 14.1. The zero-order valence-corrected chi connectivity index (χ0v) is 32.4. The van der Waals surface area contributed by atoms with Gasteiger partial charge in [0.25, 0.3) is 0 Å². The lowest BCUT2D eigenvalue weighted by Gasteiger charge is -2.36. The molecule has 0 aromatic heterocycles. The first-order valence-electron chi connectivity index (χ1n) is 16.4. The molecule has 270 valence electrons. The van der Waals surface area contributed by atoms with E-state index in [0.29, 0.717) is 6.42 Å². The number of carbonyl (C=O) groups excluding carboxylic acids is 5. The van der Waals surface area contributed by atoms with Crippen LogP contribution in [0.4, 0.5) is 0 Å². The van der Waals surface area contributed by atoms with E-state index in [0.717, 1.165) is 29.4 Å². The molecule has 0 saturated carbocycles. The van der Waals surface area contributed by atoms with Crippen molar-refractivity contribution in [2.45, 2.75) is 69.7 Å². The van der Waals surface area contributed by atoms with E-state index in [1.807, 2.05) is 72.8 Å². The molecule has 0 fully saturated rings. The van der Waals surface area contributed by atoms with E-state index in [1.54, 1.807) is 0 Å². The summed E-state index contributed by atoms with van der Waals surface area (Å²) in [6, 6.07) is 18.4. The number of amides is 5. The lowest BCUT2D eigenvalue weighted by Crippen LogP contribution is -2.59. The molecule has 51 heavy (non-hydrogen) atoms. The molecule has 5 amide bonds. The van der Waals surface area contributed by atoms with Gasteiger partial charge in [0.1, 0.15) is 24.2 Å². The first-order valence-corrected chi connectivity index (χ1v) is 18.5. The molecule has 1 aliphatic rings. The van der Waals surface area contributed by atoms with Crippen molar-refractivity contribution in [2.75, 3.05) is 6.54 Å². The molecule has 1 unspecified atom stereocenters. The van der Waals surface area contributed by atoms with Crippen LogP contribution in [0.3, 0.4) is 0 Å². The number of nitrogens with two attached hydrogens (primary N) is 3. The maximum absolute atomic E-state index is 14.1. The normalized spacial score (nSPS) is 15.4. The van der Waals surface area contributed by atoms with Crippen molar-refractivity contribution < 1.29 is 24.0 Å². The van der Waals surface area contributed by atoms with Crippen LogP contribution in [0.15, 0.2) is 77.8 Å². The van der Waals surface area contributed by atoms with Gasteiger partial charge in [-0.15, -0.1) is 0 Å². The van der Waals surface area contributed by atoms with Crippen molar-refractivity contribution in [3.63, 3.8) is 0 Å². The lowest BCUT2D eigenvalue weighted by atomic mass is 9.93. The van der Waals surface area contributed by atoms with Crippen LogP contribution in [0.1, 0.15) is 42.0 Å². The van der Waals surface area contributed by atoms with Gasteiger partial charge in [0.2, 0.25) is 29.5 Å². The van der Waals surface area contributed by atoms with E-state index in [2.05, 4.69) is 66.1 Å². The van der Waals surface area contributed by atoms with Gasteiger partial charge in [-0.1, -0.05) is 48.5 Å². The monoisotopic (exact) mass is 920 g/mol. The average molecular weight is 921 g/mol. The smallest absolute Gasteiger partial charge is 0.243 e. The van der Waals surface area contributed by atoms with Gasteiger partial charge in [-0.2, -0.15) is 0 Å². The maximum Gasteiger partial charge on any atom is 0.243 e. The van der Waals surface area contributed by atoms with Crippen LogP contribution in [-0.2, 0) is 49.8 Å². The second-order valence-electron chi connectivity index (χ2n) is 12.3. The fourth-order valence-electron chi connectivity index (χ4n) is 5.82. The summed E-state index contributed by atoms with van der Waals surface area (Å²) in [5, 5.41) is 8.38. The highest BCUT2D eigenvalue weighted by atomic mass is 127. The van der Waals surface area contributed by atoms with Crippen LogP contribution in [0.25, 0.3) is 0 Å². The van der Waals surface area contributed by atoms with Crippen LogP contribution in [-0.4, -0.2) is 71.1 Å². The second-order valence-corrected chi connectivity index (χ2v) is 14.8. The summed E-state index contributed by atoms with van der Waals surface area (Å²) >= 11 is 4.35. The van der Waals surface area contributed by atoms with Crippen LogP contribution in [0.5, 0.6) is 0 Å². The van der Waals surface area contributed by atoms with Gasteiger partial charge in [-0.05, 0) is 105 Å². The summed E-state index contributed by atoms with van der Waals surface area (Å²) in [6.45, 7) is 1.86. The predicted octanol–water partition coefficient (Wildman–Crippen LogP) is 1.65. The van der Waals surface area contributed by atoms with Crippen LogP contribution >= 0.6 is 45.2 Å². The molecule has 0 saturated heterocycles. The first kappa shape index (κ1) is 39.5. The Morgan fingerprint density at radius 3 is 1.84 bits per heavy atom. The van der Waals surface area contributed by atoms with Gasteiger partial charge in [-0.3, -0.25) is 29.0 Å². The van der Waals surface area contributed by atoms with Crippen LogP contribution in [0, 0.1) is 7.14 Å². The van der Waals surface area contributed by atoms with Crippen molar-refractivity contribution in [3.8, 4) is 0 Å². The van der Waals surface area contributed by atoms with Crippen LogP contribution < -0.4 is 33.2 Å². The fraction of sp³-hybridized carbons (Fsp3) is 0.333. The topological polar surface area (TPSA) is 215 Å². The minimum absolute atomic E-state index is 0.108. The lowest BCUT2D eigenvalue weighted by molar-refractivity contribution is -0.141. The molecule has 0 radical (unpaired) electrons. The quantitative estimate of drug-likeness (QED) is 0.0574. The number of halogens is 2. The van der Waals surface area contributed by atoms with E-state index in [4.69, 9.17) is 17.2 Å². The van der Waals surface area contributed by atoms with Gasteiger partial charge in [0.05, 0.1) is 0 Å². The third kappa shape index (κ3) is 11.9.